The molecule has 0 amide bonds. The van der Waals surface area contributed by atoms with Crippen LogP contribution < -0.4 is 4.72 Å². The van der Waals surface area contributed by atoms with Crippen LogP contribution in [-0.4, -0.2) is 27.5 Å². The van der Waals surface area contributed by atoms with Crippen molar-refractivity contribution in [1.82, 2.24) is 4.72 Å². The molecule has 0 aliphatic carbocycles. The summed E-state index contributed by atoms with van der Waals surface area (Å²) in [5, 5.41) is 8.74. The molecule has 108 valence electrons. The summed E-state index contributed by atoms with van der Waals surface area (Å²) in [6, 6.07) is 7.63. The van der Waals surface area contributed by atoms with Crippen molar-refractivity contribution in [3.63, 3.8) is 0 Å². The maximum Gasteiger partial charge on any atom is 0.305 e. The minimum absolute atomic E-state index is 0.0349. The van der Waals surface area contributed by atoms with Gasteiger partial charge in [0.15, 0.2) is 0 Å². The number of hydrogen-bond acceptors (Lipinski definition) is 5. The van der Waals surface area contributed by atoms with Crippen LogP contribution in [0.1, 0.15) is 25.3 Å². The van der Waals surface area contributed by atoms with Crippen molar-refractivity contribution in [3.8, 4) is 6.07 Å². The zero-order valence-electron chi connectivity index (χ0n) is 11.1. The van der Waals surface area contributed by atoms with Gasteiger partial charge in [-0.3, -0.25) is 4.79 Å². The van der Waals surface area contributed by atoms with E-state index in [2.05, 4.69) is 4.72 Å². The van der Waals surface area contributed by atoms with Crippen LogP contribution in [0.3, 0.4) is 0 Å². The van der Waals surface area contributed by atoms with Gasteiger partial charge in [0.1, 0.15) is 0 Å². The molecule has 1 N–H and O–H groups in total. The first-order valence-electron chi connectivity index (χ1n) is 6.15. The van der Waals surface area contributed by atoms with Gasteiger partial charge < -0.3 is 4.74 Å². The second-order valence-electron chi connectivity index (χ2n) is 3.95. The van der Waals surface area contributed by atoms with Crippen LogP contribution in [0.4, 0.5) is 0 Å². The monoisotopic (exact) mass is 296 g/mol. The van der Waals surface area contributed by atoms with Gasteiger partial charge in [-0.15, -0.1) is 0 Å². The fourth-order valence-electron chi connectivity index (χ4n) is 1.49. The third-order valence-corrected chi connectivity index (χ3v) is 3.89. The summed E-state index contributed by atoms with van der Waals surface area (Å²) < 4.78 is 31.0. The van der Waals surface area contributed by atoms with Crippen molar-refractivity contribution in [1.29, 1.82) is 5.26 Å². The lowest BCUT2D eigenvalue weighted by Crippen LogP contribution is -2.25. The average Bonchev–Trinajstić information content (AvgIpc) is 2.44. The number of nitriles is 1. The van der Waals surface area contributed by atoms with E-state index in [9.17, 15) is 13.2 Å². The molecule has 1 rings (SSSR count). The highest BCUT2D eigenvalue weighted by molar-refractivity contribution is 7.89. The number of benzene rings is 1. The molecule has 0 radical (unpaired) electrons. The molecule has 0 heterocycles. The highest BCUT2D eigenvalue weighted by atomic mass is 32.2. The second-order valence-corrected chi connectivity index (χ2v) is 5.71. The Morgan fingerprint density at radius 3 is 2.85 bits per heavy atom. The summed E-state index contributed by atoms with van der Waals surface area (Å²) in [5.74, 6) is -0.349. The number of ether oxygens (including phenoxy) is 1. The van der Waals surface area contributed by atoms with Crippen molar-refractivity contribution >= 4 is 16.0 Å². The van der Waals surface area contributed by atoms with E-state index >= 15 is 0 Å². The number of nitrogens with one attached hydrogen (secondary N) is 1. The highest BCUT2D eigenvalue weighted by Gasteiger charge is 2.14. The third-order valence-electron chi connectivity index (χ3n) is 2.43. The Morgan fingerprint density at radius 2 is 2.20 bits per heavy atom. The molecule has 0 unspecified atom stereocenters. The lowest BCUT2D eigenvalue weighted by Gasteiger charge is -2.06. The number of carbonyl (C=O) groups excluding carboxylic acids is 1. The van der Waals surface area contributed by atoms with Crippen LogP contribution in [0.25, 0.3) is 0 Å². The van der Waals surface area contributed by atoms with Gasteiger partial charge in [0.2, 0.25) is 10.0 Å². The molecule has 0 aliphatic rings. The average molecular weight is 296 g/mol. The van der Waals surface area contributed by atoms with Crippen LogP contribution in [0.2, 0.25) is 0 Å². The van der Waals surface area contributed by atoms with E-state index in [4.69, 9.17) is 10.00 Å². The minimum atomic E-state index is -3.66. The number of rotatable bonds is 7. The molecule has 1 aromatic carbocycles. The molecular formula is C13H16N2O4S. The first kappa shape index (κ1) is 16.1. The summed E-state index contributed by atoms with van der Waals surface area (Å²) in [6.07, 6.45) is 0.518. The Balaban J connectivity index is 2.54. The van der Waals surface area contributed by atoms with Gasteiger partial charge in [-0.05, 0) is 31.5 Å². The summed E-state index contributed by atoms with van der Waals surface area (Å²) in [5.41, 5.74) is 0.277. The normalized spacial score (nSPS) is 10.8. The molecule has 0 fully saturated rings. The molecule has 0 aliphatic heterocycles. The maximum atomic E-state index is 11.9. The SMILES string of the molecule is CCOC(=O)CCCNS(=O)(=O)c1cccc(C#N)c1. The smallest absolute Gasteiger partial charge is 0.305 e. The second kappa shape index (κ2) is 7.62. The molecular weight excluding hydrogens is 280 g/mol. The van der Waals surface area contributed by atoms with Crippen molar-refractivity contribution in [2.45, 2.75) is 24.7 Å². The summed E-state index contributed by atoms with van der Waals surface area (Å²) >= 11 is 0. The topological polar surface area (TPSA) is 96.3 Å². The van der Waals surface area contributed by atoms with Gasteiger partial charge in [-0.25, -0.2) is 13.1 Å². The quantitative estimate of drug-likeness (QED) is 0.602. The van der Waals surface area contributed by atoms with E-state index < -0.39 is 10.0 Å². The Hall–Kier alpha value is -1.91. The van der Waals surface area contributed by atoms with E-state index in [-0.39, 0.29) is 29.4 Å². The summed E-state index contributed by atoms with van der Waals surface area (Å²) in [7, 11) is -3.66. The summed E-state index contributed by atoms with van der Waals surface area (Å²) in [6.45, 7) is 2.16. The fraction of sp³-hybridized carbons (Fsp3) is 0.385. The molecule has 0 saturated heterocycles. The number of esters is 1. The lowest BCUT2D eigenvalue weighted by molar-refractivity contribution is -0.143. The van der Waals surface area contributed by atoms with Crippen LogP contribution in [0, 0.1) is 11.3 Å². The number of hydrogen-bond donors (Lipinski definition) is 1. The third kappa shape index (κ3) is 4.99. The van der Waals surface area contributed by atoms with Crippen LogP contribution in [0.15, 0.2) is 29.2 Å². The molecule has 6 nitrogen and oxygen atoms in total. The van der Waals surface area contributed by atoms with E-state index in [1.807, 2.05) is 6.07 Å². The van der Waals surface area contributed by atoms with Crippen LogP contribution >= 0.6 is 0 Å². The molecule has 0 saturated carbocycles. The predicted molar refractivity (Wildman–Crippen MR) is 72.2 cm³/mol. The minimum Gasteiger partial charge on any atom is -0.466 e. The first-order valence-corrected chi connectivity index (χ1v) is 7.63. The Bertz CT molecular complexity index is 605. The van der Waals surface area contributed by atoms with Crippen molar-refractivity contribution < 1.29 is 17.9 Å². The molecule has 20 heavy (non-hydrogen) atoms. The largest absolute Gasteiger partial charge is 0.466 e. The van der Waals surface area contributed by atoms with Crippen LogP contribution in [0.5, 0.6) is 0 Å². The Labute approximate surface area is 118 Å². The Morgan fingerprint density at radius 1 is 1.45 bits per heavy atom. The van der Waals surface area contributed by atoms with Crippen LogP contribution in [-0.2, 0) is 19.6 Å². The number of nitrogens with zero attached hydrogens (tertiary/aromatic N) is 1. The van der Waals surface area contributed by atoms with Crippen molar-refractivity contribution in [2.75, 3.05) is 13.2 Å². The Kier molecular flexibility index (Phi) is 6.15. The highest BCUT2D eigenvalue weighted by Crippen LogP contribution is 2.10. The van der Waals surface area contributed by atoms with Crippen molar-refractivity contribution in [3.05, 3.63) is 29.8 Å². The molecule has 0 spiro atoms. The summed E-state index contributed by atoms with van der Waals surface area (Å²) in [4.78, 5) is 11.1. The van der Waals surface area contributed by atoms with Gasteiger partial charge in [-0.2, -0.15) is 5.26 Å². The molecule has 0 bridgehead atoms. The van der Waals surface area contributed by atoms with Gasteiger partial charge in [0, 0.05) is 13.0 Å². The molecule has 7 heteroatoms. The van der Waals surface area contributed by atoms with E-state index in [1.165, 1.54) is 24.3 Å². The molecule has 0 aromatic heterocycles. The predicted octanol–water partition coefficient (Wildman–Crippen LogP) is 1.18. The number of carbonyl (C=O) groups is 1. The van der Waals surface area contributed by atoms with Gasteiger partial charge in [0.25, 0.3) is 0 Å². The molecule has 0 atom stereocenters. The maximum absolute atomic E-state index is 11.9. The van der Waals surface area contributed by atoms with E-state index in [1.54, 1.807) is 6.92 Å². The van der Waals surface area contributed by atoms with Gasteiger partial charge in [-0.1, -0.05) is 6.07 Å². The van der Waals surface area contributed by atoms with Crippen molar-refractivity contribution in [2.24, 2.45) is 0 Å². The zero-order valence-corrected chi connectivity index (χ0v) is 11.9. The zero-order chi connectivity index (χ0) is 15.0. The van der Waals surface area contributed by atoms with Gasteiger partial charge >= 0.3 is 5.97 Å². The van der Waals surface area contributed by atoms with E-state index in [0.717, 1.165) is 0 Å². The lowest BCUT2D eigenvalue weighted by atomic mass is 10.2. The van der Waals surface area contributed by atoms with E-state index in [0.29, 0.717) is 13.0 Å². The van der Waals surface area contributed by atoms with Gasteiger partial charge in [0.05, 0.1) is 23.1 Å². The fourth-order valence-corrected chi connectivity index (χ4v) is 2.61. The molecule has 1 aromatic rings. The number of sulfonamides is 1. The standard InChI is InChI=1S/C13H16N2O4S/c1-2-19-13(16)7-4-8-15-20(17,18)12-6-3-5-11(9-12)10-14/h3,5-6,9,15H,2,4,7-8H2,1H3. The first-order chi connectivity index (χ1) is 9.49.